The molecule has 1 aromatic heterocycles. The minimum atomic E-state index is -0.277. The van der Waals surface area contributed by atoms with Gasteiger partial charge in [0.1, 0.15) is 10.8 Å². The summed E-state index contributed by atoms with van der Waals surface area (Å²) in [7, 11) is 0. The molecule has 3 rings (SSSR count). The van der Waals surface area contributed by atoms with Crippen molar-refractivity contribution >= 4 is 29.3 Å². The summed E-state index contributed by atoms with van der Waals surface area (Å²) in [5, 5.41) is 11.6. The molecule has 0 spiro atoms. The normalized spacial score (nSPS) is 17.7. The van der Waals surface area contributed by atoms with Gasteiger partial charge in [-0.05, 0) is 25.1 Å². The third-order valence-electron chi connectivity index (χ3n) is 3.55. The molecule has 1 aliphatic rings. The Labute approximate surface area is 143 Å². The summed E-state index contributed by atoms with van der Waals surface area (Å²) in [4.78, 5) is 12.4. The fraction of sp³-hybridized carbons (Fsp3) is 0.312. The molecule has 7 heteroatoms. The smallest absolute Gasteiger partial charge is 0.233 e. The molecule has 0 saturated heterocycles. The lowest BCUT2D eigenvalue weighted by molar-refractivity contribution is -0.121. The van der Waals surface area contributed by atoms with E-state index in [2.05, 4.69) is 15.5 Å². The van der Waals surface area contributed by atoms with Crippen LogP contribution in [-0.4, -0.2) is 28.0 Å². The van der Waals surface area contributed by atoms with E-state index in [0.29, 0.717) is 16.8 Å². The predicted molar refractivity (Wildman–Crippen MR) is 89.8 cm³/mol. The van der Waals surface area contributed by atoms with Crippen molar-refractivity contribution in [1.82, 2.24) is 15.5 Å². The van der Waals surface area contributed by atoms with Gasteiger partial charge in [-0.15, -0.1) is 10.2 Å². The molecular weight excluding hydrogens is 334 g/mol. The highest BCUT2D eigenvalue weighted by Crippen LogP contribution is 2.32. The molecule has 23 heavy (non-hydrogen) atoms. The SMILES string of the molecule is CC(Sc1ccc(Cl)nn1)C(=O)NC1CCOc2ccccc21. The van der Waals surface area contributed by atoms with E-state index in [1.54, 1.807) is 12.1 Å². The van der Waals surface area contributed by atoms with Crippen LogP contribution in [0.15, 0.2) is 41.4 Å². The standard InChI is InChI=1S/C16H16ClN3O2S/c1-10(23-15-7-6-14(17)19-20-15)16(21)18-12-8-9-22-13-5-3-2-4-11(12)13/h2-7,10,12H,8-9H2,1H3,(H,18,21). The maximum Gasteiger partial charge on any atom is 0.233 e. The number of halogens is 1. The van der Waals surface area contributed by atoms with Crippen LogP contribution in [0, 0.1) is 0 Å². The first-order valence-corrected chi connectivity index (χ1v) is 8.57. The Morgan fingerprint density at radius 3 is 2.96 bits per heavy atom. The van der Waals surface area contributed by atoms with E-state index in [9.17, 15) is 4.79 Å². The van der Waals surface area contributed by atoms with Gasteiger partial charge in [0.05, 0.1) is 17.9 Å². The maximum atomic E-state index is 12.4. The average Bonchev–Trinajstić information content (AvgIpc) is 2.57. The van der Waals surface area contributed by atoms with Gasteiger partial charge in [-0.1, -0.05) is 41.6 Å². The fourth-order valence-electron chi connectivity index (χ4n) is 2.38. The van der Waals surface area contributed by atoms with Gasteiger partial charge in [-0.3, -0.25) is 4.79 Å². The zero-order valence-corrected chi connectivity index (χ0v) is 14.1. The molecule has 0 saturated carbocycles. The number of hydrogen-bond acceptors (Lipinski definition) is 5. The zero-order valence-electron chi connectivity index (χ0n) is 12.5. The van der Waals surface area contributed by atoms with Gasteiger partial charge in [-0.2, -0.15) is 0 Å². The molecule has 2 heterocycles. The molecule has 0 bridgehead atoms. The first-order chi connectivity index (χ1) is 11.1. The molecule has 2 aromatic rings. The number of nitrogens with one attached hydrogen (secondary N) is 1. The van der Waals surface area contributed by atoms with Crippen LogP contribution in [0.25, 0.3) is 0 Å². The Kier molecular flexibility index (Phi) is 5.03. The van der Waals surface area contributed by atoms with Gasteiger partial charge in [0.25, 0.3) is 0 Å². The third-order valence-corrected chi connectivity index (χ3v) is 4.78. The first kappa shape index (κ1) is 16.1. The number of fused-ring (bicyclic) bond motifs is 1. The van der Waals surface area contributed by atoms with Crippen molar-refractivity contribution in [2.45, 2.75) is 29.7 Å². The van der Waals surface area contributed by atoms with Gasteiger partial charge in [0, 0.05) is 12.0 Å². The molecule has 120 valence electrons. The lowest BCUT2D eigenvalue weighted by Crippen LogP contribution is -2.36. The largest absolute Gasteiger partial charge is 0.493 e. The van der Waals surface area contributed by atoms with Crippen LogP contribution >= 0.6 is 23.4 Å². The van der Waals surface area contributed by atoms with Crippen molar-refractivity contribution in [3.8, 4) is 5.75 Å². The van der Waals surface area contributed by atoms with Crippen LogP contribution in [0.2, 0.25) is 5.15 Å². The number of nitrogens with zero attached hydrogens (tertiary/aromatic N) is 2. The van der Waals surface area contributed by atoms with Gasteiger partial charge >= 0.3 is 0 Å². The summed E-state index contributed by atoms with van der Waals surface area (Å²) in [5.74, 6) is 0.807. The molecule has 1 N–H and O–H groups in total. The summed E-state index contributed by atoms with van der Waals surface area (Å²) < 4.78 is 5.62. The Morgan fingerprint density at radius 1 is 1.35 bits per heavy atom. The number of carbonyl (C=O) groups is 1. The second kappa shape index (κ2) is 7.19. The Morgan fingerprint density at radius 2 is 2.17 bits per heavy atom. The number of rotatable bonds is 4. The van der Waals surface area contributed by atoms with Crippen LogP contribution in [-0.2, 0) is 4.79 Å². The van der Waals surface area contributed by atoms with E-state index in [-0.39, 0.29) is 17.2 Å². The van der Waals surface area contributed by atoms with Crippen LogP contribution in [0.5, 0.6) is 5.75 Å². The fourth-order valence-corrected chi connectivity index (χ4v) is 3.26. The highest BCUT2D eigenvalue weighted by Gasteiger charge is 2.25. The molecular formula is C16H16ClN3O2S. The summed E-state index contributed by atoms with van der Waals surface area (Å²) in [5.41, 5.74) is 1.02. The maximum absolute atomic E-state index is 12.4. The molecule has 0 aliphatic carbocycles. The van der Waals surface area contributed by atoms with E-state index in [4.69, 9.17) is 16.3 Å². The molecule has 5 nitrogen and oxygen atoms in total. The number of para-hydroxylation sites is 1. The van der Waals surface area contributed by atoms with E-state index in [1.807, 2.05) is 31.2 Å². The van der Waals surface area contributed by atoms with E-state index < -0.39 is 0 Å². The highest BCUT2D eigenvalue weighted by atomic mass is 35.5. The lowest BCUT2D eigenvalue weighted by atomic mass is 10.0. The van der Waals surface area contributed by atoms with Crippen molar-refractivity contribution in [3.63, 3.8) is 0 Å². The second-order valence-corrected chi connectivity index (χ2v) is 6.94. The summed E-state index contributed by atoms with van der Waals surface area (Å²) >= 11 is 7.07. The zero-order chi connectivity index (χ0) is 16.2. The summed E-state index contributed by atoms with van der Waals surface area (Å²) in [6.07, 6.45) is 0.765. The Balaban J connectivity index is 1.64. The number of amides is 1. The summed E-state index contributed by atoms with van der Waals surface area (Å²) in [6, 6.07) is 11.2. The van der Waals surface area contributed by atoms with E-state index >= 15 is 0 Å². The van der Waals surface area contributed by atoms with Crippen molar-refractivity contribution in [3.05, 3.63) is 47.1 Å². The van der Waals surface area contributed by atoms with Crippen molar-refractivity contribution < 1.29 is 9.53 Å². The van der Waals surface area contributed by atoms with Gasteiger partial charge in [0.2, 0.25) is 5.91 Å². The van der Waals surface area contributed by atoms with Crippen molar-refractivity contribution in [2.24, 2.45) is 0 Å². The molecule has 1 aromatic carbocycles. The Bertz CT molecular complexity index is 696. The minimum Gasteiger partial charge on any atom is -0.493 e. The number of ether oxygens (including phenoxy) is 1. The second-order valence-electron chi connectivity index (χ2n) is 5.19. The van der Waals surface area contributed by atoms with E-state index in [1.165, 1.54) is 11.8 Å². The molecule has 1 aliphatic heterocycles. The minimum absolute atomic E-state index is 0.0215. The molecule has 2 unspecified atom stereocenters. The highest BCUT2D eigenvalue weighted by molar-refractivity contribution is 8.00. The first-order valence-electron chi connectivity index (χ1n) is 7.31. The van der Waals surface area contributed by atoms with Crippen LogP contribution in [0.1, 0.15) is 24.9 Å². The quantitative estimate of drug-likeness (QED) is 0.858. The van der Waals surface area contributed by atoms with Crippen molar-refractivity contribution in [2.75, 3.05) is 6.61 Å². The molecule has 2 atom stereocenters. The van der Waals surface area contributed by atoms with Crippen molar-refractivity contribution in [1.29, 1.82) is 0 Å². The number of hydrogen-bond donors (Lipinski definition) is 1. The van der Waals surface area contributed by atoms with Crippen LogP contribution < -0.4 is 10.1 Å². The van der Waals surface area contributed by atoms with E-state index in [0.717, 1.165) is 17.7 Å². The summed E-state index contributed by atoms with van der Waals surface area (Å²) in [6.45, 7) is 2.45. The third kappa shape index (κ3) is 3.95. The molecule has 1 amide bonds. The number of carbonyl (C=O) groups excluding carboxylic acids is 1. The van der Waals surface area contributed by atoms with Gasteiger partial charge < -0.3 is 10.1 Å². The van der Waals surface area contributed by atoms with Crippen LogP contribution in [0.3, 0.4) is 0 Å². The van der Waals surface area contributed by atoms with Gasteiger partial charge in [-0.25, -0.2) is 0 Å². The average molecular weight is 350 g/mol. The lowest BCUT2D eigenvalue weighted by Gasteiger charge is -2.27. The van der Waals surface area contributed by atoms with Gasteiger partial charge in [0.15, 0.2) is 5.15 Å². The van der Waals surface area contributed by atoms with Crippen LogP contribution in [0.4, 0.5) is 0 Å². The number of aromatic nitrogens is 2. The molecule has 0 radical (unpaired) electrons. The Hall–Kier alpha value is -1.79. The number of benzene rings is 1. The predicted octanol–water partition coefficient (Wildman–Crippen LogP) is 3.25. The molecule has 0 fully saturated rings. The topological polar surface area (TPSA) is 64.1 Å². The number of thioether (sulfide) groups is 1. The monoisotopic (exact) mass is 349 g/mol.